The van der Waals surface area contributed by atoms with Gasteiger partial charge in [0.2, 0.25) is 6.41 Å². The summed E-state index contributed by atoms with van der Waals surface area (Å²) in [7, 11) is 0. The fourth-order valence-corrected chi connectivity index (χ4v) is 4.52. The highest BCUT2D eigenvalue weighted by molar-refractivity contribution is 5.95. The Hall–Kier alpha value is -3.14. The second-order valence-electron chi connectivity index (χ2n) is 9.82. The quantitative estimate of drug-likeness (QED) is 0.581. The first kappa shape index (κ1) is 27.4. The van der Waals surface area contributed by atoms with Crippen LogP contribution in [0.2, 0.25) is 0 Å². The topological polar surface area (TPSA) is 102 Å². The molecule has 2 saturated heterocycles. The first-order valence-corrected chi connectivity index (χ1v) is 12.3. The lowest BCUT2D eigenvalue weighted by atomic mass is 9.97. The Morgan fingerprint density at radius 3 is 2.33 bits per heavy atom. The molecule has 2 aliphatic rings. The van der Waals surface area contributed by atoms with Gasteiger partial charge in [0.15, 0.2) is 11.6 Å². The average molecular weight is 504 g/mol. The molecule has 2 aromatic rings. The Morgan fingerprint density at radius 1 is 1.17 bits per heavy atom. The van der Waals surface area contributed by atoms with Crippen LogP contribution in [-0.2, 0) is 4.79 Å². The molecule has 2 N–H and O–H groups in total. The molecule has 2 aliphatic heterocycles. The number of carbonyl (C=O) groups excluding carboxylic acids is 2. The molecule has 0 saturated carbocycles. The van der Waals surface area contributed by atoms with Crippen LogP contribution in [0.25, 0.3) is 11.4 Å². The van der Waals surface area contributed by atoms with Crippen molar-refractivity contribution < 1.29 is 23.1 Å². The predicted molar refractivity (Wildman–Crippen MR) is 133 cm³/mol. The molecule has 196 valence electrons. The van der Waals surface area contributed by atoms with Gasteiger partial charge >= 0.3 is 0 Å². The number of nitrogens with zero attached hydrogens (tertiary/aromatic N) is 4. The van der Waals surface area contributed by atoms with Crippen LogP contribution in [-0.4, -0.2) is 77.1 Å². The first-order chi connectivity index (χ1) is 17.2. The number of benzene rings is 1. The fraction of sp³-hybridized carbons (Fsp3) is 0.538. The highest BCUT2D eigenvalue weighted by Gasteiger charge is 2.26. The van der Waals surface area contributed by atoms with Gasteiger partial charge in [0.05, 0.1) is 24.6 Å². The second-order valence-corrected chi connectivity index (χ2v) is 9.82. The summed E-state index contributed by atoms with van der Waals surface area (Å²) in [5, 5.41) is 0. The van der Waals surface area contributed by atoms with Crippen LogP contribution in [0.4, 0.5) is 8.78 Å². The first-order valence-electron chi connectivity index (χ1n) is 12.3. The molecule has 0 spiro atoms. The fourth-order valence-electron chi connectivity index (χ4n) is 4.52. The van der Waals surface area contributed by atoms with Gasteiger partial charge < -0.3 is 20.3 Å². The lowest BCUT2D eigenvalue weighted by Gasteiger charge is -2.34. The normalized spacial score (nSPS) is 16.8. The minimum Gasteiger partial charge on any atom is -0.490 e. The number of nitrogens with two attached hydrogens (primary N) is 1. The number of aromatic nitrogens is 2. The van der Waals surface area contributed by atoms with Crippen LogP contribution in [0.3, 0.4) is 0 Å². The molecule has 1 aromatic heterocycles. The monoisotopic (exact) mass is 503 g/mol. The minimum absolute atomic E-state index is 0.0849. The number of piperidine rings is 1. The standard InChI is InChI=1S/C25H32F2N4O2.CH3NO/c1-25(2,27)17-30-11-7-18(8-12-30)16-33-20-14-28-23(29-15-20)19-5-6-21(22(26)13-19)24(32)31-9-3-4-10-31;2-1-3/h5-6,13-15,18H,3-4,7-12,16-17H2,1-2H3;1H,(H2,2,3). The lowest BCUT2D eigenvalue weighted by molar-refractivity contribution is -0.106. The highest BCUT2D eigenvalue weighted by atomic mass is 19.1. The molecule has 4 rings (SSSR count). The van der Waals surface area contributed by atoms with Crippen LogP contribution in [0.1, 0.15) is 49.9 Å². The number of likely N-dealkylation sites (tertiary alicyclic amines) is 2. The smallest absolute Gasteiger partial charge is 0.256 e. The van der Waals surface area contributed by atoms with Gasteiger partial charge in [-0.25, -0.2) is 18.7 Å². The number of halogens is 2. The second kappa shape index (κ2) is 12.7. The maximum atomic E-state index is 14.6. The van der Waals surface area contributed by atoms with E-state index in [0.717, 1.165) is 38.8 Å². The highest BCUT2D eigenvalue weighted by Crippen LogP contribution is 2.24. The maximum Gasteiger partial charge on any atom is 0.256 e. The number of rotatable bonds is 7. The number of ether oxygens (including phenoxy) is 1. The van der Waals surface area contributed by atoms with Crippen molar-refractivity contribution in [3.05, 3.63) is 42.0 Å². The summed E-state index contributed by atoms with van der Waals surface area (Å²) in [6.07, 6.45) is 7.29. The molecule has 0 radical (unpaired) electrons. The third-order valence-corrected chi connectivity index (χ3v) is 6.27. The van der Waals surface area contributed by atoms with Crippen LogP contribution in [0.5, 0.6) is 5.75 Å². The van der Waals surface area contributed by atoms with Crippen LogP contribution >= 0.6 is 0 Å². The Bertz CT molecular complexity index is 1000. The van der Waals surface area contributed by atoms with E-state index in [4.69, 9.17) is 9.53 Å². The predicted octanol–water partition coefficient (Wildman–Crippen LogP) is 3.46. The molecular weight excluding hydrogens is 468 g/mol. The van der Waals surface area contributed by atoms with Gasteiger partial charge in [-0.05, 0) is 70.7 Å². The molecule has 0 unspecified atom stereocenters. The number of primary amides is 1. The summed E-state index contributed by atoms with van der Waals surface area (Å²) in [6.45, 7) is 7.36. The number of amides is 2. The lowest BCUT2D eigenvalue weighted by Crippen LogP contribution is -2.41. The molecule has 0 aliphatic carbocycles. The molecule has 36 heavy (non-hydrogen) atoms. The van der Waals surface area contributed by atoms with E-state index < -0.39 is 11.5 Å². The summed E-state index contributed by atoms with van der Waals surface area (Å²) in [4.78, 5) is 33.5. The molecule has 1 aromatic carbocycles. The van der Waals surface area contributed by atoms with Gasteiger partial charge in [0, 0.05) is 25.2 Å². The van der Waals surface area contributed by atoms with Crippen molar-refractivity contribution in [2.75, 3.05) is 39.3 Å². The van der Waals surface area contributed by atoms with E-state index in [2.05, 4.69) is 20.6 Å². The zero-order chi connectivity index (χ0) is 26.1. The Morgan fingerprint density at radius 2 is 1.78 bits per heavy atom. The van der Waals surface area contributed by atoms with E-state index in [0.29, 0.717) is 49.3 Å². The SMILES string of the molecule is CC(C)(F)CN1CCC(COc2cnc(-c3ccc(C(=O)N4CCCC4)c(F)c3)nc2)CC1.NC=O. The van der Waals surface area contributed by atoms with Gasteiger partial charge in [0.25, 0.3) is 5.91 Å². The molecule has 0 bridgehead atoms. The molecule has 0 atom stereocenters. The Labute approximate surface area is 210 Å². The molecular formula is C26H35F2N5O3. The van der Waals surface area contributed by atoms with Crippen molar-refractivity contribution in [3.63, 3.8) is 0 Å². The molecule has 3 heterocycles. The van der Waals surface area contributed by atoms with Crippen LogP contribution < -0.4 is 10.5 Å². The van der Waals surface area contributed by atoms with E-state index in [-0.39, 0.29) is 17.9 Å². The van der Waals surface area contributed by atoms with Crippen LogP contribution in [0, 0.1) is 11.7 Å². The van der Waals surface area contributed by atoms with Crippen molar-refractivity contribution in [1.29, 1.82) is 0 Å². The average Bonchev–Trinajstić information content (AvgIpc) is 3.38. The van der Waals surface area contributed by atoms with Crippen molar-refractivity contribution >= 4 is 12.3 Å². The van der Waals surface area contributed by atoms with Gasteiger partial charge in [-0.15, -0.1) is 0 Å². The van der Waals surface area contributed by atoms with Crippen molar-refractivity contribution in [2.45, 2.75) is 45.2 Å². The molecule has 2 amide bonds. The summed E-state index contributed by atoms with van der Waals surface area (Å²) in [5.74, 6) is 0.533. The molecule has 2 fully saturated rings. The van der Waals surface area contributed by atoms with E-state index >= 15 is 0 Å². The summed E-state index contributed by atoms with van der Waals surface area (Å²) >= 11 is 0. The van der Waals surface area contributed by atoms with Crippen molar-refractivity contribution in [2.24, 2.45) is 11.7 Å². The van der Waals surface area contributed by atoms with E-state index in [9.17, 15) is 13.6 Å². The Kier molecular flexibility index (Phi) is 9.69. The number of alkyl halides is 1. The largest absolute Gasteiger partial charge is 0.490 e. The molecule has 8 nitrogen and oxygen atoms in total. The summed E-state index contributed by atoms with van der Waals surface area (Å²) < 4.78 is 34.3. The maximum absolute atomic E-state index is 14.6. The summed E-state index contributed by atoms with van der Waals surface area (Å²) in [6, 6.07) is 4.50. The number of hydrogen-bond acceptors (Lipinski definition) is 6. The minimum atomic E-state index is -1.17. The van der Waals surface area contributed by atoms with Gasteiger partial charge in [-0.3, -0.25) is 9.59 Å². The van der Waals surface area contributed by atoms with Gasteiger partial charge in [-0.2, -0.15) is 0 Å². The van der Waals surface area contributed by atoms with Crippen molar-refractivity contribution in [3.8, 4) is 17.1 Å². The van der Waals surface area contributed by atoms with Gasteiger partial charge in [-0.1, -0.05) is 6.07 Å². The third-order valence-electron chi connectivity index (χ3n) is 6.27. The van der Waals surface area contributed by atoms with Gasteiger partial charge in [0.1, 0.15) is 11.5 Å². The van der Waals surface area contributed by atoms with E-state index in [1.54, 1.807) is 37.2 Å². The molecule has 10 heteroatoms. The summed E-state index contributed by atoms with van der Waals surface area (Å²) in [5.41, 5.74) is 3.59. The van der Waals surface area contributed by atoms with Crippen LogP contribution in [0.15, 0.2) is 30.6 Å². The van der Waals surface area contributed by atoms with E-state index in [1.165, 1.54) is 12.1 Å². The van der Waals surface area contributed by atoms with E-state index in [1.807, 2.05) is 0 Å². The zero-order valence-corrected chi connectivity index (χ0v) is 21.0. The number of carbonyl (C=O) groups is 2. The Balaban J connectivity index is 0.00000115. The van der Waals surface area contributed by atoms with Crippen molar-refractivity contribution in [1.82, 2.24) is 19.8 Å². The number of hydrogen-bond donors (Lipinski definition) is 1. The third kappa shape index (κ3) is 7.94. The zero-order valence-electron chi connectivity index (χ0n) is 21.0.